The number of hydroxylamine groups is 3. The smallest absolute Gasteiger partial charge is 0.0806 e. The fourth-order valence-corrected chi connectivity index (χ4v) is 1.46. The van der Waals surface area contributed by atoms with Crippen LogP contribution in [-0.2, 0) is 0 Å². The van der Waals surface area contributed by atoms with Gasteiger partial charge in [-0.05, 0) is 6.42 Å². The second-order valence-corrected chi connectivity index (χ2v) is 3.38. The predicted molar refractivity (Wildman–Crippen MR) is 51.9 cm³/mol. The molecular formula is C9H21NO3. The van der Waals surface area contributed by atoms with E-state index in [1.807, 2.05) is 6.92 Å². The van der Waals surface area contributed by atoms with Gasteiger partial charge in [0.05, 0.1) is 19.6 Å². The predicted octanol–water partition coefficient (Wildman–Crippen LogP) is 0.476. The van der Waals surface area contributed by atoms with Crippen molar-refractivity contribution < 1.29 is 14.9 Å². The zero-order valence-electron chi connectivity index (χ0n) is 8.41. The summed E-state index contributed by atoms with van der Waals surface area (Å²) in [6.07, 6.45) is 1.95. The van der Waals surface area contributed by atoms with E-state index in [0.717, 1.165) is 6.42 Å². The molecule has 0 aromatic heterocycles. The van der Waals surface area contributed by atoms with Gasteiger partial charge in [0.1, 0.15) is 0 Å². The van der Waals surface area contributed by atoms with Crippen LogP contribution in [0.3, 0.4) is 0 Å². The van der Waals surface area contributed by atoms with Crippen LogP contribution in [0.2, 0.25) is 0 Å². The van der Waals surface area contributed by atoms with Crippen LogP contribution >= 0.6 is 0 Å². The van der Waals surface area contributed by atoms with E-state index in [-0.39, 0.29) is 17.9 Å². The molecule has 0 fully saturated rings. The van der Waals surface area contributed by atoms with Gasteiger partial charge >= 0.3 is 0 Å². The molecule has 4 heteroatoms. The molecule has 0 atom stereocenters. The minimum Gasteiger partial charge on any atom is -0.633 e. The van der Waals surface area contributed by atoms with E-state index in [0.29, 0.717) is 32.5 Å². The van der Waals surface area contributed by atoms with Crippen LogP contribution in [0, 0.1) is 5.21 Å². The maximum atomic E-state index is 11.9. The van der Waals surface area contributed by atoms with Crippen molar-refractivity contribution in [1.82, 2.24) is 0 Å². The Labute approximate surface area is 80.0 Å². The molecule has 0 saturated carbocycles. The van der Waals surface area contributed by atoms with Crippen molar-refractivity contribution >= 4 is 0 Å². The number of quaternary nitrogens is 1. The average Bonchev–Trinajstić information content (AvgIpc) is 2.12. The summed E-state index contributed by atoms with van der Waals surface area (Å²) in [7, 11) is 0. The van der Waals surface area contributed by atoms with Crippen molar-refractivity contribution in [3.8, 4) is 0 Å². The maximum Gasteiger partial charge on any atom is 0.0806 e. The van der Waals surface area contributed by atoms with E-state index < -0.39 is 0 Å². The van der Waals surface area contributed by atoms with Gasteiger partial charge in [-0.25, -0.2) is 0 Å². The van der Waals surface area contributed by atoms with Crippen molar-refractivity contribution in [1.29, 1.82) is 0 Å². The van der Waals surface area contributed by atoms with E-state index in [2.05, 4.69) is 0 Å². The summed E-state index contributed by atoms with van der Waals surface area (Å²) in [4.78, 5) is 0. The number of hydrogen-bond donors (Lipinski definition) is 2. The Bertz CT molecular complexity index is 111. The summed E-state index contributed by atoms with van der Waals surface area (Å²) < 4.78 is -0.266. The highest BCUT2D eigenvalue weighted by Gasteiger charge is 2.14. The van der Waals surface area contributed by atoms with Crippen molar-refractivity contribution in [2.45, 2.75) is 26.2 Å². The molecule has 0 bridgehead atoms. The van der Waals surface area contributed by atoms with Gasteiger partial charge in [-0.15, -0.1) is 0 Å². The molecule has 13 heavy (non-hydrogen) atoms. The summed E-state index contributed by atoms with van der Waals surface area (Å²) in [5.74, 6) is 0. The number of hydrogen-bond acceptors (Lipinski definition) is 3. The lowest BCUT2D eigenvalue weighted by atomic mass is 10.3. The molecule has 0 amide bonds. The van der Waals surface area contributed by atoms with E-state index >= 15 is 0 Å². The minimum absolute atomic E-state index is 0.0745. The third kappa shape index (κ3) is 5.99. The van der Waals surface area contributed by atoms with Gasteiger partial charge in [0.2, 0.25) is 0 Å². The van der Waals surface area contributed by atoms with E-state index in [1.54, 1.807) is 0 Å². The van der Waals surface area contributed by atoms with Crippen LogP contribution in [0.25, 0.3) is 0 Å². The second-order valence-electron chi connectivity index (χ2n) is 3.38. The number of aliphatic hydroxyl groups excluding tert-OH is 2. The Morgan fingerprint density at radius 1 is 1.00 bits per heavy atom. The van der Waals surface area contributed by atoms with Crippen molar-refractivity contribution in [3.63, 3.8) is 0 Å². The fourth-order valence-electron chi connectivity index (χ4n) is 1.46. The topological polar surface area (TPSA) is 63.5 Å². The van der Waals surface area contributed by atoms with Gasteiger partial charge in [-0.2, -0.15) is 0 Å². The maximum absolute atomic E-state index is 11.9. The fraction of sp³-hybridized carbons (Fsp3) is 1.00. The van der Waals surface area contributed by atoms with E-state index in [9.17, 15) is 5.21 Å². The molecule has 0 unspecified atom stereocenters. The zero-order valence-corrected chi connectivity index (χ0v) is 8.41. The summed E-state index contributed by atoms with van der Waals surface area (Å²) in [5.41, 5.74) is 0. The molecule has 0 heterocycles. The SMILES string of the molecule is CCC[N+]([O-])(CCCO)CCCO. The molecule has 0 radical (unpaired) electrons. The summed E-state index contributed by atoms with van der Waals surface area (Å²) in [6.45, 7) is 3.63. The van der Waals surface area contributed by atoms with Gasteiger partial charge < -0.3 is 20.1 Å². The van der Waals surface area contributed by atoms with Crippen LogP contribution in [0.5, 0.6) is 0 Å². The molecule has 0 rings (SSSR count). The van der Waals surface area contributed by atoms with Gasteiger partial charge in [0.15, 0.2) is 0 Å². The minimum atomic E-state index is -0.266. The Kier molecular flexibility index (Phi) is 7.17. The van der Waals surface area contributed by atoms with Crippen LogP contribution in [-0.4, -0.2) is 47.7 Å². The Hall–Kier alpha value is -0.160. The molecule has 0 aromatic rings. The molecular weight excluding hydrogens is 170 g/mol. The largest absolute Gasteiger partial charge is 0.633 e. The average molecular weight is 191 g/mol. The lowest BCUT2D eigenvalue weighted by Gasteiger charge is -2.42. The normalized spacial score (nSPS) is 12.0. The lowest BCUT2D eigenvalue weighted by Crippen LogP contribution is -2.44. The highest BCUT2D eigenvalue weighted by atomic mass is 16.5. The first kappa shape index (κ1) is 12.8. The third-order valence-corrected chi connectivity index (χ3v) is 2.08. The summed E-state index contributed by atoms with van der Waals surface area (Å²) >= 11 is 0. The molecule has 0 saturated heterocycles. The third-order valence-electron chi connectivity index (χ3n) is 2.08. The van der Waals surface area contributed by atoms with Crippen LogP contribution < -0.4 is 0 Å². The molecule has 2 N–H and O–H groups in total. The zero-order chi connectivity index (χ0) is 10.2. The van der Waals surface area contributed by atoms with Gasteiger partial charge in [0, 0.05) is 26.1 Å². The van der Waals surface area contributed by atoms with E-state index in [4.69, 9.17) is 10.2 Å². The molecule has 0 aliphatic heterocycles. The standard InChI is InChI=1S/C9H21NO3/c1-2-5-10(13,6-3-8-11)7-4-9-12/h11-12H,2-9H2,1H3. The van der Waals surface area contributed by atoms with Gasteiger partial charge in [-0.1, -0.05) is 6.92 Å². The monoisotopic (exact) mass is 191 g/mol. The van der Waals surface area contributed by atoms with Crippen molar-refractivity contribution in [3.05, 3.63) is 5.21 Å². The molecule has 80 valence electrons. The Balaban J connectivity index is 3.84. The number of aliphatic hydroxyl groups is 2. The highest BCUT2D eigenvalue weighted by molar-refractivity contribution is 4.46. The number of nitrogens with zero attached hydrogens (tertiary/aromatic N) is 1. The van der Waals surface area contributed by atoms with Crippen molar-refractivity contribution in [2.24, 2.45) is 0 Å². The van der Waals surface area contributed by atoms with Crippen LogP contribution in [0.15, 0.2) is 0 Å². The van der Waals surface area contributed by atoms with E-state index in [1.165, 1.54) is 0 Å². The molecule has 0 spiro atoms. The first-order chi connectivity index (χ1) is 6.18. The van der Waals surface area contributed by atoms with Crippen LogP contribution in [0.4, 0.5) is 0 Å². The first-order valence-corrected chi connectivity index (χ1v) is 4.97. The highest BCUT2D eigenvalue weighted by Crippen LogP contribution is 2.08. The molecule has 0 aliphatic rings. The summed E-state index contributed by atoms with van der Waals surface area (Å²) in [6, 6.07) is 0. The Morgan fingerprint density at radius 3 is 1.77 bits per heavy atom. The Morgan fingerprint density at radius 2 is 1.46 bits per heavy atom. The molecule has 0 aromatic carbocycles. The molecule has 0 aliphatic carbocycles. The quantitative estimate of drug-likeness (QED) is 0.433. The first-order valence-electron chi connectivity index (χ1n) is 4.97. The molecule has 4 nitrogen and oxygen atoms in total. The lowest BCUT2D eigenvalue weighted by molar-refractivity contribution is -0.881. The van der Waals surface area contributed by atoms with Crippen molar-refractivity contribution in [2.75, 3.05) is 32.8 Å². The second kappa shape index (κ2) is 7.26. The van der Waals surface area contributed by atoms with Crippen LogP contribution in [0.1, 0.15) is 26.2 Å². The van der Waals surface area contributed by atoms with Gasteiger partial charge in [0.25, 0.3) is 0 Å². The van der Waals surface area contributed by atoms with Gasteiger partial charge in [-0.3, -0.25) is 0 Å². The number of rotatable bonds is 8. The summed E-state index contributed by atoms with van der Waals surface area (Å²) in [5, 5.41) is 29.2.